The zero-order valence-electron chi connectivity index (χ0n) is 9.27. The molecular formula is C11H15N3O. The molecule has 0 aromatic carbocycles. The van der Waals surface area contributed by atoms with E-state index < -0.39 is 0 Å². The first-order chi connectivity index (χ1) is 7.11. The van der Waals surface area contributed by atoms with Crippen LogP contribution in [0.2, 0.25) is 0 Å². The molecule has 1 aliphatic heterocycles. The van der Waals surface area contributed by atoms with E-state index in [1.165, 1.54) is 6.33 Å². The van der Waals surface area contributed by atoms with Gasteiger partial charge in [0.1, 0.15) is 12.0 Å². The van der Waals surface area contributed by atoms with Crippen molar-refractivity contribution >= 4 is 5.91 Å². The minimum atomic E-state index is 0.0357. The van der Waals surface area contributed by atoms with Crippen LogP contribution in [0.25, 0.3) is 0 Å². The second kappa shape index (κ2) is 3.61. The van der Waals surface area contributed by atoms with Gasteiger partial charge in [-0.1, -0.05) is 13.8 Å². The van der Waals surface area contributed by atoms with Crippen LogP contribution in [-0.4, -0.2) is 26.8 Å². The van der Waals surface area contributed by atoms with Gasteiger partial charge in [0, 0.05) is 17.8 Å². The van der Waals surface area contributed by atoms with Gasteiger partial charge in [0.25, 0.3) is 5.91 Å². The Bertz CT molecular complexity index is 389. The van der Waals surface area contributed by atoms with Crippen LogP contribution in [0.4, 0.5) is 0 Å². The summed E-state index contributed by atoms with van der Waals surface area (Å²) < 4.78 is 0. The summed E-state index contributed by atoms with van der Waals surface area (Å²) in [5.74, 6) is 0.491. The van der Waals surface area contributed by atoms with Crippen LogP contribution in [-0.2, 0) is 6.54 Å². The molecule has 0 aliphatic carbocycles. The number of hydrogen-bond donors (Lipinski definition) is 0. The fourth-order valence-corrected chi connectivity index (χ4v) is 1.75. The topological polar surface area (TPSA) is 46.1 Å². The van der Waals surface area contributed by atoms with Crippen molar-refractivity contribution in [3.63, 3.8) is 0 Å². The lowest BCUT2D eigenvalue weighted by Crippen LogP contribution is -2.36. The van der Waals surface area contributed by atoms with Gasteiger partial charge in [0.2, 0.25) is 0 Å². The third-order valence-electron chi connectivity index (χ3n) is 3.05. The molecule has 4 nitrogen and oxygen atoms in total. The summed E-state index contributed by atoms with van der Waals surface area (Å²) in [4.78, 5) is 21.8. The Hall–Kier alpha value is -1.45. The van der Waals surface area contributed by atoms with E-state index in [0.717, 1.165) is 5.56 Å². The molecule has 0 fully saturated rings. The standard InChI is InChI=1S/C11H15N3O/c1-7(2)8(3)14-5-9-4-12-6-13-10(9)11(14)15/h4,6-8H,5H2,1-3H3. The van der Waals surface area contributed by atoms with Gasteiger partial charge in [-0.25, -0.2) is 9.97 Å². The zero-order chi connectivity index (χ0) is 11.0. The number of carbonyl (C=O) groups is 1. The Labute approximate surface area is 89.3 Å². The summed E-state index contributed by atoms with van der Waals surface area (Å²) in [6.07, 6.45) is 3.16. The van der Waals surface area contributed by atoms with Crippen LogP contribution in [0.5, 0.6) is 0 Å². The number of carbonyl (C=O) groups excluding carboxylic acids is 1. The van der Waals surface area contributed by atoms with Gasteiger partial charge in [0.05, 0.1) is 6.54 Å². The minimum absolute atomic E-state index is 0.0357. The molecule has 1 atom stereocenters. The van der Waals surface area contributed by atoms with Gasteiger partial charge >= 0.3 is 0 Å². The fraction of sp³-hybridized carbons (Fsp3) is 0.545. The lowest BCUT2D eigenvalue weighted by Gasteiger charge is -2.27. The van der Waals surface area contributed by atoms with Crippen LogP contribution < -0.4 is 0 Å². The van der Waals surface area contributed by atoms with Crippen LogP contribution in [0.1, 0.15) is 36.8 Å². The van der Waals surface area contributed by atoms with Gasteiger partial charge in [-0.3, -0.25) is 4.79 Å². The lowest BCUT2D eigenvalue weighted by molar-refractivity contribution is 0.0669. The van der Waals surface area contributed by atoms with E-state index in [1.54, 1.807) is 6.20 Å². The predicted molar refractivity (Wildman–Crippen MR) is 56.2 cm³/mol. The molecule has 2 heterocycles. The van der Waals surface area contributed by atoms with E-state index in [0.29, 0.717) is 18.2 Å². The zero-order valence-corrected chi connectivity index (χ0v) is 9.27. The highest BCUT2D eigenvalue weighted by Gasteiger charge is 2.32. The number of nitrogens with zero attached hydrogens (tertiary/aromatic N) is 3. The molecule has 0 saturated heterocycles. The number of rotatable bonds is 2. The quantitative estimate of drug-likeness (QED) is 0.734. The minimum Gasteiger partial charge on any atom is -0.330 e. The predicted octanol–water partition coefficient (Wildman–Crippen LogP) is 1.48. The molecule has 0 N–H and O–H groups in total. The average molecular weight is 205 g/mol. The van der Waals surface area contributed by atoms with E-state index >= 15 is 0 Å². The van der Waals surface area contributed by atoms with Crippen molar-refractivity contribution in [3.05, 3.63) is 23.8 Å². The molecule has 80 valence electrons. The molecule has 4 heteroatoms. The van der Waals surface area contributed by atoms with E-state index in [1.807, 2.05) is 4.90 Å². The van der Waals surface area contributed by atoms with E-state index in [4.69, 9.17) is 0 Å². The molecule has 1 aromatic rings. The van der Waals surface area contributed by atoms with Crippen molar-refractivity contribution in [1.82, 2.24) is 14.9 Å². The fourth-order valence-electron chi connectivity index (χ4n) is 1.75. The number of amides is 1. The largest absolute Gasteiger partial charge is 0.330 e. The average Bonchev–Trinajstić information content (AvgIpc) is 2.56. The molecule has 1 aliphatic rings. The molecule has 0 radical (unpaired) electrons. The van der Waals surface area contributed by atoms with E-state index in [2.05, 4.69) is 30.7 Å². The van der Waals surface area contributed by atoms with Gasteiger partial charge in [-0.05, 0) is 12.8 Å². The third kappa shape index (κ3) is 1.60. The summed E-state index contributed by atoms with van der Waals surface area (Å²) in [7, 11) is 0. The van der Waals surface area contributed by atoms with Gasteiger partial charge in [-0.2, -0.15) is 0 Å². The Kier molecular flexibility index (Phi) is 2.42. The maximum absolute atomic E-state index is 12.0. The second-order valence-electron chi connectivity index (χ2n) is 4.31. The molecule has 0 bridgehead atoms. The molecular weight excluding hydrogens is 190 g/mol. The van der Waals surface area contributed by atoms with Crippen molar-refractivity contribution in [1.29, 1.82) is 0 Å². The normalized spacial score (nSPS) is 17.1. The first-order valence-electron chi connectivity index (χ1n) is 5.21. The van der Waals surface area contributed by atoms with Crippen molar-refractivity contribution < 1.29 is 4.79 Å². The molecule has 1 unspecified atom stereocenters. The van der Waals surface area contributed by atoms with Crippen LogP contribution in [0.15, 0.2) is 12.5 Å². The molecule has 1 amide bonds. The first-order valence-corrected chi connectivity index (χ1v) is 5.21. The summed E-state index contributed by atoms with van der Waals surface area (Å²) in [5, 5.41) is 0. The maximum atomic E-state index is 12.0. The molecule has 1 aromatic heterocycles. The molecule has 0 saturated carbocycles. The van der Waals surface area contributed by atoms with Crippen LogP contribution in [0, 0.1) is 5.92 Å². The van der Waals surface area contributed by atoms with Gasteiger partial charge in [-0.15, -0.1) is 0 Å². The maximum Gasteiger partial charge on any atom is 0.273 e. The Morgan fingerprint density at radius 1 is 1.40 bits per heavy atom. The van der Waals surface area contributed by atoms with Crippen molar-refractivity contribution in [2.75, 3.05) is 0 Å². The number of aromatic nitrogens is 2. The van der Waals surface area contributed by atoms with E-state index in [-0.39, 0.29) is 11.9 Å². The summed E-state index contributed by atoms with van der Waals surface area (Å²) in [6, 6.07) is 0.242. The SMILES string of the molecule is CC(C)C(C)N1Cc2cncnc2C1=O. The summed E-state index contributed by atoms with van der Waals surface area (Å²) in [5.41, 5.74) is 1.51. The lowest BCUT2D eigenvalue weighted by atomic mass is 10.1. The van der Waals surface area contributed by atoms with Crippen LogP contribution >= 0.6 is 0 Å². The number of fused-ring (bicyclic) bond motifs is 1. The second-order valence-corrected chi connectivity index (χ2v) is 4.31. The van der Waals surface area contributed by atoms with Gasteiger partial charge < -0.3 is 4.90 Å². The monoisotopic (exact) mass is 205 g/mol. The first kappa shape index (κ1) is 10.1. The highest BCUT2D eigenvalue weighted by Crippen LogP contribution is 2.24. The third-order valence-corrected chi connectivity index (χ3v) is 3.05. The Morgan fingerprint density at radius 3 is 2.73 bits per heavy atom. The van der Waals surface area contributed by atoms with Gasteiger partial charge in [0.15, 0.2) is 0 Å². The van der Waals surface area contributed by atoms with Crippen molar-refractivity contribution in [2.45, 2.75) is 33.4 Å². The highest BCUT2D eigenvalue weighted by atomic mass is 16.2. The molecule has 15 heavy (non-hydrogen) atoms. The Morgan fingerprint density at radius 2 is 2.13 bits per heavy atom. The number of hydrogen-bond acceptors (Lipinski definition) is 3. The highest BCUT2D eigenvalue weighted by molar-refractivity contribution is 5.96. The van der Waals surface area contributed by atoms with Crippen molar-refractivity contribution in [3.8, 4) is 0 Å². The molecule has 0 spiro atoms. The van der Waals surface area contributed by atoms with E-state index in [9.17, 15) is 4.79 Å². The Balaban J connectivity index is 2.27. The smallest absolute Gasteiger partial charge is 0.273 e. The summed E-state index contributed by atoms with van der Waals surface area (Å²) in [6.45, 7) is 6.95. The summed E-state index contributed by atoms with van der Waals surface area (Å²) >= 11 is 0. The van der Waals surface area contributed by atoms with Crippen LogP contribution in [0.3, 0.4) is 0 Å². The van der Waals surface area contributed by atoms with Crippen molar-refractivity contribution in [2.24, 2.45) is 5.92 Å². The molecule has 2 rings (SSSR count).